The van der Waals surface area contributed by atoms with Crippen LogP contribution in [0.15, 0.2) is 47.0 Å². The molecule has 0 aliphatic heterocycles. The largest absolute Gasteiger partial charge is 0.421 e. The SMILES string of the molecule is Cc1nnc(-c2ccc(-c3cc(NCCO)nc4[nH]ccc34)cc2)o1. The van der Waals surface area contributed by atoms with E-state index in [1.165, 1.54) is 0 Å². The maximum Gasteiger partial charge on any atom is 0.247 e. The summed E-state index contributed by atoms with van der Waals surface area (Å²) in [5.41, 5.74) is 3.79. The van der Waals surface area contributed by atoms with E-state index < -0.39 is 0 Å². The van der Waals surface area contributed by atoms with E-state index in [0.29, 0.717) is 18.3 Å². The van der Waals surface area contributed by atoms with E-state index in [1.807, 2.05) is 42.6 Å². The molecule has 0 aliphatic carbocycles. The number of fused-ring (bicyclic) bond motifs is 1. The van der Waals surface area contributed by atoms with E-state index in [1.54, 1.807) is 6.92 Å². The molecule has 3 N–H and O–H groups in total. The van der Waals surface area contributed by atoms with Crippen molar-refractivity contribution in [1.29, 1.82) is 0 Å². The van der Waals surface area contributed by atoms with Crippen LogP contribution in [-0.2, 0) is 0 Å². The van der Waals surface area contributed by atoms with Crippen molar-refractivity contribution in [2.75, 3.05) is 18.5 Å². The van der Waals surface area contributed by atoms with Crippen molar-refractivity contribution in [3.63, 3.8) is 0 Å². The highest BCUT2D eigenvalue weighted by Crippen LogP contribution is 2.31. The van der Waals surface area contributed by atoms with Crippen LogP contribution in [0.2, 0.25) is 0 Å². The van der Waals surface area contributed by atoms with Crippen LogP contribution in [0.1, 0.15) is 5.89 Å². The molecular formula is C18H17N5O2. The molecule has 126 valence electrons. The first-order chi connectivity index (χ1) is 12.2. The molecule has 7 heteroatoms. The van der Waals surface area contributed by atoms with Crippen molar-refractivity contribution < 1.29 is 9.52 Å². The Kier molecular flexibility index (Phi) is 3.91. The maximum absolute atomic E-state index is 9.01. The number of nitrogens with zero attached hydrogens (tertiary/aromatic N) is 3. The van der Waals surface area contributed by atoms with E-state index in [0.717, 1.165) is 33.5 Å². The topological polar surface area (TPSA) is 99.9 Å². The van der Waals surface area contributed by atoms with Gasteiger partial charge in [-0.15, -0.1) is 10.2 Å². The van der Waals surface area contributed by atoms with E-state index in [4.69, 9.17) is 9.52 Å². The highest BCUT2D eigenvalue weighted by atomic mass is 16.4. The van der Waals surface area contributed by atoms with Crippen molar-refractivity contribution in [2.45, 2.75) is 6.92 Å². The fourth-order valence-corrected chi connectivity index (χ4v) is 2.76. The highest BCUT2D eigenvalue weighted by molar-refractivity contribution is 5.94. The van der Waals surface area contributed by atoms with Gasteiger partial charge >= 0.3 is 0 Å². The zero-order valence-corrected chi connectivity index (χ0v) is 13.7. The predicted molar refractivity (Wildman–Crippen MR) is 95.1 cm³/mol. The summed E-state index contributed by atoms with van der Waals surface area (Å²) >= 11 is 0. The van der Waals surface area contributed by atoms with Crippen LogP contribution >= 0.6 is 0 Å². The van der Waals surface area contributed by atoms with Crippen LogP contribution < -0.4 is 5.32 Å². The van der Waals surface area contributed by atoms with Gasteiger partial charge in [0, 0.05) is 30.6 Å². The number of H-pyrrole nitrogens is 1. The third-order valence-corrected chi connectivity index (χ3v) is 3.92. The Morgan fingerprint density at radius 2 is 1.92 bits per heavy atom. The number of anilines is 1. The van der Waals surface area contributed by atoms with Crippen LogP contribution in [-0.4, -0.2) is 38.4 Å². The summed E-state index contributed by atoms with van der Waals surface area (Å²) in [6, 6.07) is 11.9. The van der Waals surface area contributed by atoms with Crippen molar-refractivity contribution in [3.05, 3.63) is 48.5 Å². The van der Waals surface area contributed by atoms with Gasteiger partial charge in [0.15, 0.2) is 0 Å². The molecule has 3 heterocycles. The number of aryl methyl sites for hydroxylation is 1. The lowest BCUT2D eigenvalue weighted by atomic mass is 10.0. The molecule has 0 fully saturated rings. The minimum atomic E-state index is 0.0536. The molecular weight excluding hydrogens is 318 g/mol. The van der Waals surface area contributed by atoms with Gasteiger partial charge in [-0.25, -0.2) is 4.98 Å². The van der Waals surface area contributed by atoms with Crippen molar-refractivity contribution in [2.24, 2.45) is 0 Å². The Morgan fingerprint density at radius 3 is 2.64 bits per heavy atom. The molecule has 1 aromatic carbocycles. The summed E-state index contributed by atoms with van der Waals surface area (Å²) < 4.78 is 5.47. The lowest BCUT2D eigenvalue weighted by molar-refractivity contribution is 0.311. The molecule has 0 radical (unpaired) electrons. The number of hydrogen-bond acceptors (Lipinski definition) is 6. The number of benzene rings is 1. The summed E-state index contributed by atoms with van der Waals surface area (Å²) in [7, 11) is 0. The predicted octanol–water partition coefficient (Wildman–Crippen LogP) is 2.99. The van der Waals surface area contributed by atoms with Crippen molar-refractivity contribution in [3.8, 4) is 22.6 Å². The number of nitrogens with one attached hydrogen (secondary N) is 2. The second-order valence-electron chi connectivity index (χ2n) is 5.65. The number of aliphatic hydroxyl groups excluding tert-OH is 1. The highest BCUT2D eigenvalue weighted by Gasteiger charge is 2.11. The third kappa shape index (κ3) is 2.97. The number of hydrogen-bond donors (Lipinski definition) is 3. The first-order valence-corrected chi connectivity index (χ1v) is 7.98. The zero-order chi connectivity index (χ0) is 17.2. The number of aromatic nitrogens is 4. The van der Waals surface area contributed by atoms with Gasteiger partial charge < -0.3 is 19.8 Å². The van der Waals surface area contributed by atoms with Crippen LogP contribution in [0, 0.1) is 6.92 Å². The fourth-order valence-electron chi connectivity index (χ4n) is 2.76. The van der Waals surface area contributed by atoms with Crippen LogP contribution in [0.3, 0.4) is 0 Å². The Hall–Kier alpha value is -3.19. The third-order valence-electron chi connectivity index (χ3n) is 3.92. The van der Waals surface area contributed by atoms with Gasteiger partial charge in [0.05, 0.1) is 6.61 Å². The molecule has 0 aliphatic rings. The Labute approximate surface area is 143 Å². The van der Waals surface area contributed by atoms with Crippen LogP contribution in [0.4, 0.5) is 5.82 Å². The summed E-state index contributed by atoms with van der Waals surface area (Å²) in [4.78, 5) is 7.66. The number of aromatic amines is 1. The lowest BCUT2D eigenvalue weighted by Crippen LogP contribution is -2.07. The average Bonchev–Trinajstić information content (AvgIpc) is 3.28. The quantitative estimate of drug-likeness (QED) is 0.518. The first kappa shape index (κ1) is 15.3. The van der Waals surface area contributed by atoms with Gasteiger partial charge in [0.2, 0.25) is 11.8 Å². The molecule has 4 rings (SSSR count). The monoisotopic (exact) mass is 335 g/mol. The smallest absolute Gasteiger partial charge is 0.247 e. The number of rotatable bonds is 5. The minimum Gasteiger partial charge on any atom is -0.421 e. The molecule has 3 aromatic heterocycles. The fraction of sp³-hybridized carbons (Fsp3) is 0.167. The molecule has 0 saturated heterocycles. The van der Waals surface area contributed by atoms with E-state index in [-0.39, 0.29) is 6.61 Å². The molecule has 0 unspecified atom stereocenters. The van der Waals surface area contributed by atoms with Crippen molar-refractivity contribution >= 4 is 16.9 Å². The second kappa shape index (κ2) is 6.37. The zero-order valence-electron chi connectivity index (χ0n) is 13.7. The van der Waals surface area contributed by atoms with Gasteiger partial charge in [-0.3, -0.25) is 0 Å². The number of pyridine rings is 1. The lowest BCUT2D eigenvalue weighted by Gasteiger charge is -2.09. The van der Waals surface area contributed by atoms with Crippen molar-refractivity contribution in [1.82, 2.24) is 20.2 Å². The maximum atomic E-state index is 9.01. The normalized spacial score (nSPS) is 11.1. The van der Waals surface area contributed by atoms with Crippen LogP contribution in [0.25, 0.3) is 33.6 Å². The summed E-state index contributed by atoms with van der Waals surface area (Å²) in [6.07, 6.45) is 1.87. The van der Waals surface area contributed by atoms with Gasteiger partial charge in [0.25, 0.3) is 0 Å². The number of aliphatic hydroxyl groups is 1. The molecule has 0 amide bonds. The Morgan fingerprint density at radius 1 is 1.12 bits per heavy atom. The van der Waals surface area contributed by atoms with E-state index in [9.17, 15) is 0 Å². The van der Waals surface area contributed by atoms with E-state index >= 15 is 0 Å². The van der Waals surface area contributed by atoms with Gasteiger partial charge in [0.1, 0.15) is 11.5 Å². The molecule has 0 atom stereocenters. The molecule has 0 bridgehead atoms. The Bertz CT molecular complexity index is 1000. The summed E-state index contributed by atoms with van der Waals surface area (Å²) in [5.74, 6) is 1.77. The summed E-state index contributed by atoms with van der Waals surface area (Å²) in [5, 5.41) is 21.1. The summed E-state index contributed by atoms with van der Waals surface area (Å²) in [6.45, 7) is 2.28. The molecule has 4 aromatic rings. The van der Waals surface area contributed by atoms with Gasteiger partial charge in [-0.05, 0) is 35.4 Å². The first-order valence-electron chi connectivity index (χ1n) is 7.98. The molecule has 7 nitrogen and oxygen atoms in total. The molecule has 0 saturated carbocycles. The molecule has 0 spiro atoms. The minimum absolute atomic E-state index is 0.0536. The Balaban J connectivity index is 1.74. The van der Waals surface area contributed by atoms with E-state index in [2.05, 4.69) is 25.5 Å². The standard InChI is InChI=1S/C18H17N5O2/c1-11-22-23-18(25-11)13-4-2-12(3-5-13)15-10-16(19-8-9-24)21-17-14(15)6-7-20-17/h2-7,10,24H,8-9H2,1H3,(H2,19,20,21). The van der Waals surface area contributed by atoms with Crippen LogP contribution in [0.5, 0.6) is 0 Å². The van der Waals surface area contributed by atoms with Gasteiger partial charge in [-0.1, -0.05) is 12.1 Å². The second-order valence-corrected chi connectivity index (χ2v) is 5.65. The molecule has 25 heavy (non-hydrogen) atoms. The average molecular weight is 335 g/mol. The van der Waals surface area contributed by atoms with Gasteiger partial charge in [-0.2, -0.15) is 0 Å².